The summed E-state index contributed by atoms with van der Waals surface area (Å²) < 4.78 is 10.1. The minimum atomic E-state index is -0.996. The fraction of sp³-hybridized carbons (Fsp3) is 0.364. The molecule has 0 fully saturated rings. The van der Waals surface area contributed by atoms with Gasteiger partial charge in [0.1, 0.15) is 17.1 Å². The zero-order valence-electron chi connectivity index (χ0n) is 9.03. The molecule has 0 radical (unpaired) electrons. The number of carboxylic acids is 1. The van der Waals surface area contributed by atoms with Crippen molar-refractivity contribution in [2.75, 3.05) is 14.2 Å². The van der Waals surface area contributed by atoms with E-state index < -0.39 is 5.97 Å². The van der Waals surface area contributed by atoms with Crippen LogP contribution in [-0.2, 0) is 6.42 Å². The van der Waals surface area contributed by atoms with E-state index in [1.807, 2.05) is 6.92 Å². The first-order valence-corrected chi connectivity index (χ1v) is 4.62. The number of methoxy groups -OCH3 is 2. The summed E-state index contributed by atoms with van der Waals surface area (Å²) in [5.41, 5.74) is 1.02. The van der Waals surface area contributed by atoms with Gasteiger partial charge in [-0.3, -0.25) is 0 Å². The molecular formula is C11H14O4. The first-order valence-electron chi connectivity index (χ1n) is 4.62. The van der Waals surface area contributed by atoms with Crippen molar-refractivity contribution >= 4 is 5.97 Å². The van der Waals surface area contributed by atoms with Gasteiger partial charge in [0.15, 0.2) is 0 Å². The van der Waals surface area contributed by atoms with Gasteiger partial charge in [-0.1, -0.05) is 6.92 Å². The summed E-state index contributed by atoms with van der Waals surface area (Å²) in [5.74, 6) is -0.0277. The van der Waals surface area contributed by atoms with E-state index in [-0.39, 0.29) is 5.56 Å². The molecule has 0 aromatic heterocycles. The molecule has 0 spiro atoms. The number of aromatic carboxylic acids is 1. The summed E-state index contributed by atoms with van der Waals surface area (Å²) in [7, 11) is 2.99. The molecule has 0 amide bonds. The second-order valence-electron chi connectivity index (χ2n) is 3.02. The van der Waals surface area contributed by atoms with Crippen molar-refractivity contribution in [3.8, 4) is 11.5 Å². The Hall–Kier alpha value is -1.71. The summed E-state index contributed by atoms with van der Waals surface area (Å²) in [6, 6.07) is 3.18. The van der Waals surface area contributed by atoms with Crippen molar-refractivity contribution in [2.45, 2.75) is 13.3 Å². The third kappa shape index (κ3) is 2.21. The molecule has 0 atom stereocenters. The highest BCUT2D eigenvalue weighted by atomic mass is 16.5. The van der Waals surface area contributed by atoms with E-state index in [0.717, 1.165) is 5.56 Å². The van der Waals surface area contributed by atoms with Gasteiger partial charge in [-0.05, 0) is 18.1 Å². The maximum Gasteiger partial charge on any atom is 0.339 e. The van der Waals surface area contributed by atoms with Crippen LogP contribution in [0.2, 0.25) is 0 Å². The Balaban J connectivity index is 3.34. The summed E-state index contributed by atoms with van der Waals surface area (Å²) in [6.45, 7) is 1.94. The molecule has 15 heavy (non-hydrogen) atoms. The maximum atomic E-state index is 10.9. The van der Waals surface area contributed by atoms with Gasteiger partial charge >= 0.3 is 5.97 Å². The number of carboxylic acid groups (broad SMARTS) is 1. The van der Waals surface area contributed by atoms with Gasteiger partial charge in [-0.25, -0.2) is 4.79 Å². The molecular weight excluding hydrogens is 196 g/mol. The minimum absolute atomic E-state index is 0.162. The lowest BCUT2D eigenvalue weighted by molar-refractivity contribution is 0.0693. The lowest BCUT2D eigenvalue weighted by atomic mass is 10.1. The van der Waals surface area contributed by atoms with Gasteiger partial charge in [-0.15, -0.1) is 0 Å². The highest BCUT2D eigenvalue weighted by Crippen LogP contribution is 2.29. The number of benzene rings is 1. The van der Waals surface area contributed by atoms with Gasteiger partial charge in [0, 0.05) is 6.07 Å². The molecule has 1 aromatic rings. The van der Waals surface area contributed by atoms with E-state index in [1.54, 1.807) is 19.2 Å². The van der Waals surface area contributed by atoms with Crippen LogP contribution in [0.3, 0.4) is 0 Å². The summed E-state index contributed by atoms with van der Waals surface area (Å²) >= 11 is 0. The number of ether oxygens (including phenoxy) is 2. The monoisotopic (exact) mass is 210 g/mol. The first kappa shape index (κ1) is 11.4. The molecule has 1 N–H and O–H groups in total. The van der Waals surface area contributed by atoms with Crippen molar-refractivity contribution in [3.05, 3.63) is 23.3 Å². The standard InChI is InChI=1S/C11H14O4/c1-4-7-5-8(11(12)13)10(15-3)6-9(7)14-2/h5-6H,4H2,1-3H3,(H,12,13). The van der Waals surface area contributed by atoms with Gasteiger partial charge < -0.3 is 14.6 Å². The smallest absolute Gasteiger partial charge is 0.339 e. The average Bonchev–Trinajstić information content (AvgIpc) is 2.26. The van der Waals surface area contributed by atoms with E-state index in [0.29, 0.717) is 17.9 Å². The Morgan fingerprint density at radius 1 is 1.27 bits per heavy atom. The quantitative estimate of drug-likeness (QED) is 0.825. The highest BCUT2D eigenvalue weighted by molar-refractivity contribution is 5.91. The van der Waals surface area contributed by atoms with E-state index in [2.05, 4.69) is 0 Å². The molecule has 0 heterocycles. The molecule has 0 bridgehead atoms. The third-order valence-corrected chi connectivity index (χ3v) is 2.21. The molecule has 0 aliphatic heterocycles. The van der Waals surface area contributed by atoms with Gasteiger partial charge in [-0.2, -0.15) is 0 Å². The van der Waals surface area contributed by atoms with Crippen molar-refractivity contribution in [1.29, 1.82) is 0 Å². The molecule has 0 aliphatic carbocycles. The Kier molecular flexibility index (Phi) is 3.55. The second kappa shape index (κ2) is 4.68. The zero-order chi connectivity index (χ0) is 11.4. The number of hydrogen-bond donors (Lipinski definition) is 1. The predicted octanol–water partition coefficient (Wildman–Crippen LogP) is 1.96. The zero-order valence-corrected chi connectivity index (χ0v) is 9.03. The molecule has 4 nitrogen and oxygen atoms in total. The van der Waals surface area contributed by atoms with E-state index >= 15 is 0 Å². The van der Waals surface area contributed by atoms with Gasteiger partial charge in [0.2, 0.25) is 0 Å². The summed E-state index contributed by atoms with van der Waals surface area (Å²) in [5, 5.41) is 8.96. The van der Waals surface area contributed by atoms with Crippen LogP contribution in [-0.4, -0.2) is 25.3 Å². The van der Waals surface area contributed by atoms with Crippen LogP contribution >= 0.6 is 0 Å². The van der Waals surface area contributed by atoms with Crippen LogP contribution in [0.25, 0.3) is 0 Å². The minimum Gasteiger partial charge on any atom is -0.496 e. The Labute approximate surface area is 88.4 Å². The van der Waals surface area contributed by atoms with Crippen LogP contribution in [0.15, 0.2) is 12.1 Å². The van der Waals surface area contributed by atoms with Crippen molar-refractivity contribution in [3.63, 3.8) is 0 Å². The second-order valence-corrected chi connectivity index (χ2v) is 3.02. The molecule has 0 saturated heterocycles. The van der Waals surface area contributed by atoms with Crippen LogP contribution in [0, 0.1) is 0 Å². The third-order valence-electron chi connectivity index (χ3n) is 2.21. The predicted molar refractivity (Wildman–Crippen MR) is 55.9 cm³/mol. The SMILES string of the molecule is CCc1cc(C(=O)O)c(OC)cc1OC. The number of carbonyl (C=O) groups is 1. The maximum absolute atomic E-state index is 10.9. The first-order chi connectivity index (χ1) is 7.13. The Bertz CT molecular complexity index is 371. The van der Waals surface area contributed by atoms with Gasteiger partial charge in [0.05, 0.1) is 14.2 Å². The van der Waals surface area contributed by atoms with E-state index in [4.69, 9.17) is 14.6 Å². The fourth-order valence-corrected chi connectivity index (χ4v) is 1.41. The number of rotatable bonds is 4. The van der Waals surface area contributed by atoms with E-state index in [1.165, 1.54) is 7.11 Å². The van der Waals surface area contributed by atoms with Crippen molar-refractivity contribution in [2.24, 2.45) is 0 Å². The summed E-state index contributed by atoms with van der Waals surface area (Å²) in [6.07, 6.45) is 0.716. The molecule has 1 rings (SSSR count). The molecule has 0 aliphatic rings. The molecule has 4 heteroatoms. The number of aryl methyl sites for hydroxylation is 1. The van der Waals surface area contributed by atoms with Crippen molar-refractivity contribution in [1.82, 2.24) is 0 Å². The molecule has 0 saturated carbocycles. The summed E-state index contributed by atoms with van der Waals surface area (Å²) in [4.78, 5) is 10.9. The Morgan fingerprint density at radius 2 is 1.87 bits per heavy atom. The largest absolute Gasteiger partial charge is 0.496 e. The number of hydrogen-bond acceptors (Lipinski definition) is 3. The lowest BCUT2D eigenvalue weighted by Crippen LogP contribution is -2.03. The highest BCUT2D eigenvalue weighted by Gasteiger charge is 2.14. The molecule has 82 valence electrons. The Morgan fingerprint density at radius 3 is 2.27 bits per heavy atom. The lowest BCUT2D eigenvalue weighted by Gasteiger charge is -2.11. The van der Waals surface area contributed by atoms with Crippen LogP contribution in [0.4, 0.5) is 0 Å². The molecule has 1 aromatic carbocycles. The topological polar surface area (TPSA) is 55.8 Å². The van der Waals surface area contributed by atoms with E-state index in [9.17, 15) is 4.79 Å². The van der Waals surface area contributed by atoms with Crippen LogP contribution in [0.5, 0.6) is 11.5 Å². The fourth-order valence-electron chi connectivity index (χ4n) is 1.41. The normalized spacial score (nSPS) is 9.80. The van der Waals surface area contributed by atoms with Gasteiger partial charge in [0.25, 0.3) is 0 Å². The molecule has 0 unspecified atom stereocenters. The van der Waals surface area contributed by atoms with Crippen LogP contribution < -0.4 is 9.47 Å². The average molecular weight is 210 g/mol. The van der Waals surface area contributed by atoms with Crippen LogP contribution in [0.1, 0.15) is 22.8 Å². The van der Waals surface area contributed by atoms with Crippen molar-refractivity contribution < 1.29 is 19.4 Å².